The molecule has 0 aliphatic heterocycles. The molecule has 0 spiro atoms. The van der Waals surface area contributed by atoms with Crippen molar-refractivity contribution in [1.29, 1.82) is 5.26 Å². The molecule has 0 amide bonds. The predicted molar refractivity (Wildman–Crippen MR) is 106 cm³/mol. The number of nitrogen functional groups attached to an aromatic ring is 1. The lowest BCUT2D eigenvalue weighted by atomic mass is 10.0. The zero-order valence-corrected chi connectivity index (χ0v) is 16.1. The Hall–Kier alpha value is -2.85. The number of hydrogen-bond acceptors (Lipinski definition) is 7. The number of nitriles is 1. The maximum Gasteiger partial charge on any atom is 0.222 e. The van der Waals surface area contributed by atoms with Gasteiger partial charge in [0, 0.05) is 17.7 Å². The second-order valence-corrected chi connectivity index (χ2v) is 6.46. The van der Waals surface area contributed by atoms with Gasteiger partial charge in [-0.1, -0.05) is 25.5 Å². The van der Waals surface area contributed by atoms with Crippen LogP contribution in [0.5, 0.6) is 5.75 Å². The fourth-order valence-electron chi connectivity index (χ4n) is 3.03. The van der Waals surface area contributed by atoms with E-state index in [9.17, 15) is 5.11 Å². The van der Waals surface area contributed by atoms with Gasteiger partial charge in [0.25, 0.3) is 0 Å². The normalized spacial score (nSPS) is 11.7. The summed E-state index contributed by atoms with van der Waals surface area (Å²) in [7, 11) is 1.61. The third kappa shape index (κ3) is 5.31. The van der Waals surface area contributed by atoms with E-state index < -0.39 is 0 Å². The monoisotopic (exact) mass is 369 g/mol. The number of aromatic nitrogens is 2. The molecule has 1 aromatic heterocycles. The van der Waals surface area contributed by atoms with E-state index in [1.54, 1.807) is 7.11 Å². The molecule has 27 heavy (non-hydrogen) atoms. The van der Waals surface area contributed by atoms with E-state index in [0.29, 0.717) is 18.7 Å². The number of aliphatic hydroxyl groups excluding tert-OH is 1. The molecule has 144 valence electrons. The van der Waals surface area contributed by atoms with Gasteiger partial charge in [-0.15, -0.1) is 0 Å². The molecule has 0 radical (unpaired) electrons. The number of rotatable bonds is 9. The zero-order valence-electron chi connectivity index (χ0n) is 16.1. The van der Waals surface area contributed by atoms with Crippen LogP contribution in [0.2, 0.25) is 0 Å². The van der Waals surface area contributed by atoms with Crippen LogP contribution in [0.4, 0.5) is 11.8 Å². The van der Waals surface area contributed by atoms with Gasteiger partial charge in [-0.2, -0.15) is 10.2 Å². The van der Waals surface area contributed by atoms with Crippen LogP contribution >= 0.6 is 0 Å². The lowest BCUT2D eigenvalue weighted by Gasteiger charge is -2.20. The third-order valence-corrected chi connectivity index (χ3v) is 4.43. The van der Waals surface area contributed by atoms with Crippen molar-refractivity contribution in [2.75, 3.05) is 24.8 Å². The molecule has 2 rings (SSSR count). The van der Waals surface area contributed by atoms with E-state index in [-0.39, 0.29) is 18.6 Å². The lowest BCUT2D eigenvalue weighted by molar-refractivity contribution is 0.268. The van der Waals surface area contributed by atoms with Gasteiger partial charge in [0.1, 0.15) is 11.6 Å². The fourth-order valence-corrected chi connectivity index (χ4v) is 3.03. The average Bonchev–Trinajstić information content (AvgIpc) is 2.65. The SMILES string of the molecule is CCCC(CO)Nc1nc(N)nc(C)c1Cc1ccc(CC#N)cc1OC. The molecule has 0 fully saturated rings. The lowest BCUT2D eigenvalue weighted by Crippen LogP contribution is -2.25. The molecule has 1 aromatic carbocycles. The van der Waals surface area contributed by atoms with Crippen molar-refractivity contribution in [2.24, 2.45) is 0 Å². The highest BCUT2D eigenvalue weighted by atomic mass is 16.5. The molecule has 7 nitrogen and oxygen atoms in total. The van der Waals surface area contributed by atoms with E-state index in [0.717, 1.165) is 41.0 Å². The second kappa shape index (κ2) is 9.74. The molecule has 2 aromatic rings. The smallest absolute Gasteiger partial charge is 0.222 e. The van der Waals surface area contributed by atoms with Crippen LogP contribution in [0.1, 0.15) is 42.1 Å². The van der Waals surface area contributed by atoms with E-state index in [1.807, 2.05) is 25.1 Å². The Balaban J connectivity index is 2.39. The van der Waals surface area contributed by atoms with Crippen LogP contribution in [0.3, 0.4) is 0 Å². The van der Waals surface area contributed by atoms with Crippen molar-refractivity contribution in [1.82, 2.24) is 9.97 Å². The van der Waals surface area contributed by atoms with Crippen LogP contribution in [0.25, 0.3) is 0 Å². The molecule has 7 heteroatoms. The van der Waals surface area contributed by atoms with E-state index >= 15 is 0 Å². The van der Waals surface area contributed by atoms with Crippen LogP contribution in [0, 0.1) is 18.3 Å². The summed E-state index contributed by atoms with van der Waals surface area (Å²) in [6.07, 6.45) is 2.66. The Morgan fingerprint density at radius 1 is 1.37 bits per heavy atom. The number of nitrogens with two attached hydrogens (primary N) is 1. The van der Waals surface area contributed by atoms with Gasteiger partial charge in [0.05, 0.1) is 32.2 Å². The van der Waals surface area contributed by atoms with Gasteiger partial charge in [0.15, 0.2) is 0 Å². The molecule has 4 N–H and O–H groups in total. The molecule has 0 aliphatic carbocycles. The number of aryl methyl sites for hydroxylation is 1. The summed E-state index contributed by atoms with van der Waals surface area (Å²) in [5.41, 5.74) is 9.40. The van der Waals surface area contributed by atoms with Gasteiger partial charge in [0.2, 0.25) is 5.95 Å². The van der Waals surface area contributed by atoms with Crippen molar-refractivity contribution < 1.29 is 9.84 Å². The minimum Gasteiger partial charge on any atom is -0.496 e. The highest BCUT2D eigenvalue weighted by Crippen LogP contribution is 2.28. The van der Waals surface area contributed by atoms with Gasteiger partial charge in [-0.05, 0) is 30.5 Å². The van der Waals surface area contributed by atoms with E-state index in [1.165, 1.54) is 0 Å². The Morgan fingerprint density at radius 3 is 2.78 bits per heavy atom. The minimum atomic E-state index is -0.0950. The summed E-state index contributed by atoms with van der Waals surface area (Å²) in [6, 6.07) is 7.82. The summed E-state index contributed by atoms with van der Waals surface area (Å²) in [4.78, 5) is 8.66. The predicted octanol–water partition coefficient (Wildman–Crippen LogP) is 2.61. The van der Waals surface area contributed by atoms with Crippen molar-refractivity contribution in [3.8, 4) is 11.8 Å². The average molecular weight is 369 g/mol. The number of aliphatic hydroxyl groups is 1. The molecule has 0 saturated carbocycles. The third-order valence-electron chi connectivity index (χ3n) is 4.43. The first-order valence-electron chi connectivity index (χ1n) is 9.05. The zero-order chi connectivity index (χ0) is 19.8. The Kier molecular flexibility index (Phi) is 7.38. The molecule has 0 aliphatic rings. The first-order chi connectivity index (χ1) is 13.0. The second-order valence-electron chi connectivity index (χ2n) is 6.46. The standard InChI is InChI=1S/C20H27N5O2/c1-4-5-16(12-26)24-19-17(13(2)23-20(22)25-19)11-15-7-6-14(8-9-21)10-18(15)27-3/h6-7,10,16,26H,4-5,8,11-12H2,1-3H3,(H3,22,23,24,25). The first-order valence-corrected chi connectivity index (χ1v) is 9.05. The van der Waals surface area contributed by atoms with E-state index in [4.69, 9.17) is 15.7 Å². The quantitative estimate of drug-likeness (QED) is 0.622. The highest BCUT2D eigenvalue weighted by Gasteiger charge is 2.17. The maximum absolute atomic E-state index is 9.62. The number of methoxy groups -OCH3 is 1. The van der Waals surface area contributed by atoms with Crippen LogP contribution in [-0.2, 0) is 12.8 Å². The van der Waals surface area contributed by atoms with Crippen LogP contribution in [-0.4, -0.2) is 34.8 Å². The van der Waals surface area contributed by atoms with Crippen molar-refractivity contribution >= 4 is 11.8 Å². The van der Waals surface area contributed by atoms with Gasteiger partial charge < -0.3 is 20.9 Å². The van der Waals surface area contributed by atoms with Crippen LogP contribution < -0.4 is 15.8 Å². The number of benzene rings is 1. The molecular weight excluding hydrogens is 342 g/mol. The number of anilines is 2. The Morgan fingerprint density at radius 2 is 2.15 bits per heavy atom. The molecular formula is C20H27N5O2. The number of nitrogens with zero attached hydrogens (tertiary/aromatic N) is 3. The van der Waals surface area contributed by atoms with Gasteiger partial charge in [-0.3, -0.25) is 0 Å². The van der Waals surface area contributed by atoms with Gasteiger partial charge >= 0.3 is 0 Å². The number of ether oxygens (including phenoxy) is 1. The summed E-state index contributed by atoms with van der Waals surface area (Å²) in [5, 5.41) is 21.8. The maximum atomic E-state index is 9.62. The fraction of sp³-hybridized carbons (Fsp3) is 0.450. The number of hydrogen-bond donors (Lipinski definition) is 3. The topological polar surface area (TPSA) is 117 Å². The highest BCUT2D eigenvalue weighted by molar-refractivity contribution is 5.54. The first kappa shape index (κ1) is 20.5. The summed E-state index contributed by atoms with van der Waals surface area (Å²) in [5.74, 6) is 1.55. The van der Waals surface area contributed by atoms with Crippen LogP contribution in [0.15, 0.2) is 18.2 Å². The molecule has 1 atom stereocenters. The summed E-state index contributed by atoms with van der Waals surface area (Å²) < 4.78 is 5.51. The van der Waals surface area contributed by atoms with Crippen molar-refractivity contribution in [3.63, 3.8) is 0 Å². The largest absolute Gasteiger partial charge is 0.496 e. The summed E-state index contributed by atoms with van der Waals surface area (Å²) >= 11 is 0. The molecule has 0 bridgehead atoms. The summed E-state index contributed by atoms with van der Waals surface area (Å²) in [6.45, 7) is 3.98. The van der Waals surface area contributed by atoms with E-state index in [2.05, 4.69) is 28.3 Å². The molecule has 1 unspecified atom stereocenters. The Bertz CT molecular complexity index is 817. The Labute approximate surface area is 160 Å². The number of nitrogens with one attached hydrogen (secondary N) is 1. The van der Waals surface area contributed by atoms with Crippen molar-refractivity contribution in [2.45, 2.75) is 45.6 Å². The molecule has 1 heterocycles. The van der Waals surface area contributed by atoms with Crippen molar-refractivity contribution in [3.05, 3.63) is 40.6 Å². The van der Waals surface area contributed by atoms with Gasteiger partial charge in [-0.25, -0.2) is 4.98 Å². The minimum absolute atomic E-state index is 0.0163. The molecule has 0 saturated heterocycles.